The average Bonchev–Trinajstić information content (AvgIpc) is 2.11. The molecule has 0 aliphatic heterocycles. The number of amides is 2. The molecule has 6 heteroatoms. The number of Topliss-reactive ketones (excluding diaryl/α,β-unsaturated/α-hetero) is 1. The maximum absolute atomic E-state index is 11.5. The maximum atomic E-state index is 11.5. The predicted octanol–water partition coefficient (Wildman–Crippen LogP) is -1.08. The Morgan fingerprint density at radius 3 is 2.06 bits per heavy atom. The first kappa shape index (κ1) is 14.6. The molecule has 0 spiro atoms. The van der Waals surface area contributed by atoms with Gasteiger partial charge in [-0.1, -0.05) is 13.8 Å². The third-order valence-electron chi connectivity index (χ3n) is 2.16. The Bertz CT molecular complexity index is 289. The number of hydrogen-bond donors (Lipinski definition) is 3. The van der Waals surface area contributed by atoms with Crippen LogP contribution in [0.25, 0.3) is 0 Å². The molecular formula is C10H19N3O3. The average molecular weight is 229 g/mol. The van der Waals surface area contributed by atoms with E-state index in [1.54, 1.807) is 0 Å². The number of carbonyl (C=O) groups is 3. The van der Waals surface area contributed by atoms with Crippen molar-refractivity contribution >= 4 is 17.6 Å². The Hall–Kier alpha value is -1.43. The van der Waals surface area contributed by atoms with Gasteiger partial charge in [-0.15, -0.1) is 0 Å². The minimum atomic E-state index is -1.00. The lowest BCUT2D eigenvalue weighted by atomic mass is 10.00. The van der Waals surface area contributed by atoms with Gasteiger partial charge in [0.1, 0.15) is 0 Å². The summed E-state index contributed by atoms with van der Waals surface area (Å²) < 4.78 is 0. The van der Waals surface area contributed by atoms with E-state index in [1.807, 2.05) is 13.8 Å². The lowest BCUT2D eigenvalue weighted by Gasteiger charge is -2.21. The molecule has 0 heterocycles. The number of carbonyl (C=O) groups excluding carboxylic acids is 3. The fourth-order valence-electron chi connectivity index (χ4n) is 1.31. The molecule has 0 aromatic rings. The molecule has 2 atom stereocenters. The summed E-state index contributed by atoms with van der Waals surface area (Å²) in [5.41, 5.74) is 10.4. The Labute approximate surface area is 94.7 Å². The fourth-order valence-corrected chi connectivity index (χ4v) is 1.31. The van der Waals surface area contributed by atoms with Crippen molar-refractivity contribution in [3.8, 4) is 0 Å². The van der Waals surface area contributed by atoms with E-state index in [9.17, 15) is 14.4 Å². The molecule has 0 fully saturated rings. The van der Waals surface area contributed by atoms with Crippen molar-refractivity contribution in [3.05, 3.63) is 0 Å². The summed E-state index contributed by atoms with van der Waals surface area (Å²) in [6, 6.07) is -1.58. The van der Waals surface area contributed by atoms with Gasteiger partial charge in [0.2, 0.25) is 11.8 Å². The summed E-state index contributed by atoms with van der Waals surface area (Å²) in [6.45, 7) is 5.02. The highest BCUT2D eigenvalue weighted by Crippen LogP contribution is 2.03. The van der Waals surface area contributed by atoms with Gasteiger partial charge in [-0.05, 0) is 12.8 Å². The van der Waals surface area contributed by atoms with Crippen molar-refractivity contribution in [1.82, 2.24) is 5.32 Å². The Morgan fingerprint density at radius 2 is 1.75 bits per heavy atom. The molecule has 0 rings (SSSR count). The van der Waals surface area contributed by atoms with E-state index in [4.69, 9.17) is 11.5 Å². The summed E-state index contributed by atoms with van der Waals surface area (Å²) in [5, 5.41) is 2.50. The second kappa shape index (κ2) is 6.22. The molecule has 0 saturated heterocycles. The summed E-state index contributed by atoms with van der Waals surface area (Å²) in [4.78, 5) is 33.3. The molecule has 5 N–H and O–H groups in total. The van der Waals surface area contributed by atoms with Gasteiger partial charge >= 0.3 is 0 Å². The van der Waals surface area contributed by atoms with E-state index in [0.29, 0.717) is 0 Å². The zero-order valence-electron chi connectivity index (χ0n) is 9.82. The second-order valence-electron chi connectivity index (χ2n) is 4.12. The van der Waals surface area contributed by atoms with Gasteiger partial charge in [0.25, 0.3) is 0 Å². The van der Waals surface area contributed by atoms with E-state index in [1.165, 1.54) is 6.92 Å². The van der Waals surface area contributed by atoms with Crippen LogP contribution in [0.5, 0.6) is 0 Å². The first-order valence-corrected chi connectivity index (χ1v) is 5.10. The number of nitrogens with two attached hydrogens (primary N) is 2. The van der Waals surface area contributed by atoms with Crippen LogP contribution in [0.1, 0.15) is 27.2 Å². The van der Waals surface area contributed by atoms with Crippen LogP contribution in [-0.2, 0) is 14.4 Å². The van der Waals surface area contributed by atoms with E-state index < -0.39 is 23.9 Å². The van der Waals surface area contributed by atoms with Gasteiger partial charge in [0.05, 0.1) is 18.5 Å². The number of hydrogen-bond acceptors (Lipinski definition) is 4. The predicted molar refractivity (Wildman–Crippen MR) is 59.2 cm³/mol. The molecule has 92 valence electrons. The molecule has 0 aliphatic rings. The van der Waals surface area contributed by atoms with Crippen LogP contribution < -0.4 is 16.8 Å². The van der Waals surface area contributed by atoms with Crippen molar-refractivity contribution in [3.63, 3.8) is 0 Å². The Kier molecular flexibility index (Phi) is 5.66. The van der Waals surface area contributed by atoms with Crippen LogP contribution in [0, 0.1) is 5.92 Å². The molecule has 0 aliphatic carbocycles. The maximum Gasteiger partial charge on any atom is 0.238 e. The van der Waals surface area contributed by atoms with Crippen molar-refractivity contribution in [2.75, 3.05) is 0 Å². The highest BCUT2D eigenvalue weighted by Gasteiger charge is 2.24. The quantitative estimate of drug-likeness (QED) is 0.537. The highest BCUT2D eigenvalue weighted by atomic mass is 16.2. The highest BCUT2D eigenvalue weighted by molar-refractivity contribution is 5.92. The molecule has 6 nitrogen and oxygen atoms in total. The fraction of sp³-hybridized carbons (Fsp3) is 0.700. The molecule has 0 radical (unpaired) electrons. The van der Waals surface area contributed by atoms with E-state index in [2.05, 4.69) is 5.32 Å². The van der Waals surface area contributed by atoms with Gasteiger partial charge in [0.15, 0.2) is 5.78 Å². The van der Waals surface area contributed by atoms with Crippen LogP contribution in [0.2, 0.25) is 0 Å². The molecule has 0 aromatic heterocycles. The van der Waals surface area contributed by atoms with E-state index in [-0.39, 0.29) is 18.1 Å². The third kappa shape index (κ3) is 4.88. The van der Waals surface area contributed by atoms with Crippen molar-refractivity contribution in [2.45, 2.75) is 39.3 Å². The standard InChI is InChI=1S/C10H19N3O3/c1-5(2)9(6(3)14)13-10(16)7(11)4-8(12)15/h5,7,9H,4,11H2,1-3H3,(H2,12,15)(H,13,16)/t7-,9-/m0/s1. The topological polar surface area (TPSA) is 115 Å². The lowest BCUT2D eigenvalue weighted by Crippen LogP contribution is -2.50. The second-order valence-corrected chi connectivity index (χ2v) is 4.12. The van der Waals surface area contributed by atoms with E-state index >= 15 is 0 Å². The summed E-state index contributed by atoms with van der Waals surface area (Å²) >= 11 is 0. The zero-order chi connectivity index (χ0) is 12.9. The number of ketones is 1. The third-order valence-corrected chi connectivity index (χ3v) is 2.16. The zero-order valence-corrected chi connectivity index (χ0v) is 9.82. The van der Waals surface area contributed by atoms with Crippen molar-refractivity contribution < 1.29 is 14.4 Å². The minimum absolute atomic E-state index is 0.0257. The molecule has 16 heavy (non-hydrogen) atoms. The van der Waals surface area contributed by atoms with Gasteiger partial charge < -0.3 is 16.8 Å². The number of primary amides is 1. The van der Waals surface area contributed by atoms with Crippen molar-refractivity contribution in [2.24, 2.45) is 17.4 Å². The summed E-state index contributed by atoms with van der Waals surface area (Å²) in [5.74, 6) is -1.35. The van der Waals surface area contributed by atoms with Gasteiger partial charge in [-0.2, -0.15) is 0 Å². The molecule has 0 saturated carbocycles. The summed E-state index contributed by atoms with van der Waals surface area (Å²) in [6.07, 6.45) is -0.228. The minimum Gasteiger partial charge on any atom is -0.370 e. The molecule has 0 bridgehead atoms. The van der Waals surface area contributed by atoms with Gasteiger partial charge in [0, 0.05) is 0 Å². The van der Waals surface area contributed by atoms with Crippen LogP contribution in [-0.4, -0.2) is 29.7 Å². The van der Waals surface area contributed by atoms with Crippen LogP contribution >= 0.6 is 0 Å². The summed E-state index contributed by atoms with van der Waals surface area (Å²) in [7, 11) is 0. The largest absolute Gasteiger partial charge is 0.370 e. The van der Waals surface area contributed by atoms with Crippen LogP contribution in [0.15, 0.2) is 0 Å². The van der Waals surface area contributed by atoms with Crippen LogP contribution in [0.3, 0.4) is 0 Å². The van der Waals surface area contributed by atoms with Gasteiger partial charge in [-0.3, -0.25) is 14.4 Å². The molecule has 0 aromatic carbocycles. The number of rotatable bonds is 6. The smallest absolute Gasteiger partial charge is 0.238 e. The first-order valence-electron chi connectivity index (χ1n) is 5.10. The van der Waals surface area contributed by atoms with Crippen LogP contribution in [0.4, 0.5) is 0 Å². The normalized spacial score (nSPS) is 14.3. The monoisotopic (exact) mass is 229 g/mol. The van der Waals surface area contributed by atoms with E-state index in [0.717, 1.165) is 0 Å². The SMILES string of the molecule is CC(=O)[C@@H](NC(=O)[C@@H](N)CC(N)=O)C(C)C. The lowest BCUT2D eigenvalue weighted by molar-refractivity contribution is -0.130. The Morgan fingerprint density at radius 1 is 1.25 bits per heavy atom. The first-order chi connectivity index (χ1) is 7.25. The van der Waals surface area contributed by atoms with Crippen molar-refractivity contribution in [1.29, 1.82) is 0 Å². The molecular weight excluding hydrogens is 210 g/mol. The molecule has 0 unspecified atom stereocenters. The molecule has 2 amide bonds. The number of nitrogens with one attached hydrogen (secondary N) is 1. The Balaban J connectivity index is 4.40. The van der Waals surface area contributed by atoms with Gasteiger partial charge in [-0.25, -0.2) is 0 Å².